The molecule has 1 N–H and O–H groups in total. The molecule has 0 bridgehead atoms. The summed E-state index contributed by atoms with van der Waals surface area (Å²) in [5.74, 6) is 1.78. The van der Waals surface area contributed by atoms with Crippen LogP contribution in [0.25, 0.3) is 0 Å². The van der Waals surface area contributed by atoms with Crippen LogP contribution in [0.1, 0.15) is 24.4 Å². The molecular formula is C19H26N2O4S. The lowest BCUT2D eigenvalue weighted by Gasteiger charge is -2.30. The van der Waals surface area contributed by atoms with Crippen molar-refractivity contribution in [3.05, 3.63) is 54.0 Å². The standard InChI is InChI=1S/C19H26N2O4S/c1-16-8-9-17(25-16)14-21-12-10-19(15-21,11-13-24-2)20-26(22,23)18-6-4-3-5-7-18/h3-9,20H,10-15H2,1-2H3. The zero-order valence-electron chi connectivity index (χ0n) is 15.3. The fourth-order valence-electron chi connectivity index (χ4n) is 3.46. The van der Waals surface area contributed by atoms with Crippen LogP contribution in [0.3, 0.4) is 0 Å². The van der Waals surface area contributed by atoms with Gasteiger partial charge in [-0.2, -0.15) is 0 Å². The van der Waals surface area contributed by atoms with E-state index in [1.54, 1.807) is 31.4 Å². The van der Waals surface area contributed by atoms with Gasteiger partial charge in [-0.05, 0) is 44.0 Å². The Hall–Kier alpha value is -1.67. The van der Waals surface area contributed by atoms with Crippen molar-refractivity contribution in [3.63, 3.8) is 0 Å². The zero-order chi connectivity index (χ0) is 18.6. The first-order chi connectivity index (χ1) is 12.4. The molecule has 142 valence electrons. The first kappa shape index (κ1) is 19.1. The van der Waals surface area contributed by atoms with Crippen LogP contribution in [-0.4, -0.2) is 45.7 Å². The summed E-state index contributed by atoms with van der Waals surface area (Å²) < 4.78 is 39.5. The maximum Gasteiger partial charge on any atom is 0.241 e. The molecule has 7 heteroatoms. The van der Waals surface area contributed by atoms with Gasteiger partial charge < -0.3 is 9.15 Å². The van der Waals surface area contributed by atoms with Crippen LogP contribution < -0.4 is 4.72 Å². The minimum atomic E-state index is -3.58. The average Bonchev–Trinajstić information content (AvgIpc) is 3.20. The molecule has 6 nitrogen and oxygen atoms in total. The van der Waals surface area contributed by atoms with Gasteiger partial charge in [0.05, 0.1) is 11.4 Å². The molecule has 26 heavy (non-hydrogen) atoms. The molecule has 1 aliphatic heterocycles. The first-order valence-electron chi connectivity index (χ1n) is 8.78. The number of rotatable bonds is 8. The number of nitrogens with one attached hydrogen (secondary N) is 1. The van der Waals surface area contributed by atoms with Crippen molar-refractivity contribution in [2.75, 3.05) is 26.8 Å². The Morgan fingerprint density at radius 3 is 2.65 bits per heavy atom. The Balaban J connectivity index is 1.75. The predicted octanol–water partition coefficient (Wildman–Crippen LogP) is 2.55. The van der Waals surface area contributed by atoms with E-state index in [0.717, 1.165) is 24.5 Å². The molecule has 1 atom stereocenters. The molecule has 0 spiro atoms. The Bertz CT molecular complexity index is 819. The number of nitrogens with zero attached hydrogens (tertiary/aromatic N) is 1. The Morgan fingerprint density at radius 1 is 1.23 bits per heavy atom. The summed E-state index contributed by atoms with van der Waals surface area (Å²) >= 11 is 0. The fourth-order valence-corrected chi connectivity index (χ4v) is 4.94. The third kappa shape index (κ3) is 4.54. The van der Waals surface area contributed by atoms with Gasteiger partial charge in [-0.15, -0.1) is 0 Å². The highest BCUT2D eigenvalue weighted by Gasteiger charge is 2.41. The Morgan fingerprint density at radius 2 is 2.00 bits per heavy atom. The summed E-state index contributed by atoms with van der Waals surface area (Å²) in [5.41, 5.74) is -0.535. The SMILES string of the molecule is COCCC1(NS(=O)(=O)c2ccccc2)CCN(Cc2ccc(C)o2)C1. The monoisotopic (exact) mass is 378 g/mol. The summed E-state index contributed by atoms with van der Waals surface area (Å²) in [6.45, 7) is 4.54. The summed E-state index contributed by atoms with van der Waals surface area (Å²) in [5, 5.41) is 0. The topological polar surface area (TPSA) is 71.8 Å². The normalized spacial score (nSPS) is 21.3. The molecule has 2 aromatic rings. The smallest absolute Gasteiger partial charge is 0.241 e. The van der Waals surface area contributed by atoms with E-state index in [4.69, 9.17) is 9.15 Å². The number of hydrogen-bond donors (Lipinski definition) is 1. The van der Waals surface area contributed by atoms with E-state index in [0.29, 0.717) is 26.1 Å². The third-order valence-electron chi connectivity index (χ3n) is 4.80. The Labute approximate surface area is 155 Å². The van der Waals surface area contributed by atoms with E-state index < -0.39 is 15.6 Å². The van der Waals surface area contributed by atoms with Gasteiger partial charge in [-0.3, -0.25) is 4.90 Å². The van der Waals surface area contributed by atoms with Gasteiger partial charge in [0.1, 0.15) is 11.5 Å². The lowest BCUT2D eigenvalue weighted by molar-refractivity contribution is 0.160. The molecule has 1 aromatic carbocycles. The second-order valence-corrected chi connectivity index (χ2v) is 8.60. The summed E-state index contributed by atoms with van der Waals surface area (Å²) in [6, 6.07) is 12.4. The van der Waals surface area contributed by atoms with Crippen LogP contribution in [-0.2, 0) is 21.3 Å². The molecule has 1 aromatic heterocycles. The van der Waals surface area contributed by atoms with Crippen LogP contribution in [0.15, 0.2) is 51.8 Å². The number of likely N-dealkylation sites (tertiary alicyclic amines) is 1. The van der Waals surface area contributed by atoms with Crippen LogP contribution in [0.4, 0.5) is 0 Å². The van der Waals surface area contributed by atoms with Gasteiger partial charge in [0.25, 0.3) is 0 Å². The molecule has 0 aliphatic carbocycles. The predicted molar refractivity (Wildman–Crippen MR) is 99.3 cm³/mol. The quantitative estimate of drug-likeness (QED) is 0.764. The number of ether oxygens (including phenoxy) is 1. The van der Waals surface area contributed by atoms with Gasteiger partial charge in [-0.25, -0.2) is 13.1 Å². The van der Waals surface area contributed by atoms with Crippen molar-refractivity contribution in [1.82, 2.24) is 9.62 Å². The van der Waals surface area contributed by atoms with E-state index >= 15 is 0 Å². The first-order valence-corrected chi connectivity index (χ1v) is 10.3. The molecule has 1 aliphatic rings. The van der Waals surface area contributed by atoms with E-state index in [-0.39, 0.29) is 4.90 Å². The maximum atomic E-state index is 12.8. The van der Waals surface area contributed by atoms with Crippen LogP contribution in [0, 0.1) is 6.92 Å². The summed E-state index contributed by atoms with van der Waals surface area (Å²) in [6.07, 6.45) is 1.37. The lowest BCUT2D eigenvalue weighted by atomic mass is 9.96. The average molecular weight is 378 g/mol. The number of aryl methyl sites for hydroxylation is 1. The largest absolute Gasteiger partial charge is 0.465 e. The van der Waals surface area contributed by atoms with Crippen molar-refractivity contribution in [2.45, 2.75) is 36.7 Å². The minimum absolute atomic E-state index is 0.289. The maximum absolute atomic E-state index is 12.8. The fraction of sp³-hybridized carbons (Fsp3) is 0.474. The molecule has 3 rings (SSSR count). The number of methoxy groups -OCH3 is 1. The van der Waals surface area contributed by atoms with Crippen molar-refractivity contribution in [1.29, 1.82) is 0 Å². The van der Waals surface area contributed by atoms with E-state index in [1.807, 2.05) is 25.1 Å². The number of hydrogen-bond acceptors (Lipinski definition) is 5. The van der Waals surface area contributed by atoms with Crippen molar-refractivity contribution >= 4 is 10.0 Å². The highest BCUT2D eigenvalue weighted by molar-refractivity contribution is 7.89. The number of benzene rings is 1. The van der Waals surface area contributed by atoms with Crippen molar-refractivity contribution in [3.8, 4) is 0 Å². The summed E-state index contributed by atoms with van der Waals surface area (Å²) in [7, 11) is -1.94. The van der Waals surface area contributed by atoms with Gasteiger partial charge in [-0.1, -0.05) is 18.2 Å². The van der Waals surface area contributed by atoms with Gasteiger partial charge in [0.2, 0.25) is 10.0 Å². The van der Waals surface area contributed by atoms with Crippen molar-refractivity contribution < 1.29 is 17.6 Å². The summed E-state index contributed by atoms with van der Waals surface area (Å²) in [4.78, 5) is 2.51. The van der Waals surface area contributed by atoms with Crippen LogP contribution in [0.2, 0.25) is 0 Å². The molecule has 1 unspecified atom stereocenters. The molecule has 0 amide bonds. The van der Waals surface area contributed by atoms with Crippen molar-refractivity contribution in [2.24, 2.45) is 0 Å². The van der Waals surface area contributed by atoms with Crippen LogP contribution >= 0.6 is 0 Å². The molecular weight excluding hydrogens is 352 g/mol. The molecule has 0 saturated carbocycles. The highest BCUT2D eigenvalue weighted by atomic mass is 32.2. The Kier molecular flexibility index (Phi) is 5.82. The van der Waals surface area contributed by atoms with Gasteiger partial charge >= 0.3 is 0 Å². The van der Waals surface area contributed by atoms with Gasteiger partial charge in [0, 0.05) is 32.3 Å². The minimum Gasteiger partial charge on any atom is -0.465 e. The second-order valence-electron chi connectivity index (χ2n) is 6.91. The van der Waals surface area contributed by atoms with E-state index in [2.05, 4.69) is 9.62 Å². The van der Waals surface area contributed by atoms with Crippen LogP contribution in [0.5, 0.6) is 0 Å². The van der Waals surface area contributed by atoms with E-state index in [1.165, 1.54) is 0 Å². The van der Waals surface area contributed by atoms with Gasteiger partial charge in [0.15, 0.2) is 0 Å². The molecule has 1 fully saturated rings. The second kappa shape index (κ2) is 7.92. The van der Waals surface area contributed by atoms with E-state index in [9.17, 15) is 8.42 Å². The lowest BCUT2D eigenvalue weighted by Crippen LogP contribution is -2.50. The third-order valence-corrected chi connectivity index (χ3v) is 6.39. The number of sulfonamides is 1. The molecule has 1 saturated heterocycles. The zero-order valence-corrected chi connectivity index (χ0v) is 16.1. The molecule has 2 heterocycles. The number of furan rings is 1. The molecule has 0 radical (unpaired) electrons. The highest BCUT2D eigenvalue weighted by Crippen LogP contribution is 2.29.